The number of para-hydroxylation sites is 1. The number of fused-ring (bicyclic) bond motifs is 1. The van der Waals surface area contributed by atoms with Crippen LogP contribution in [0.1, 0.15) is 33.1 Å². The molecule has 0 saturated heterocycles. The number of nitrogens with zero attached hydrogens (tertiary/aromatic N) is 5. The average molecular weight is 479 g/mol. The highest BCUT2D eigenvalue weighted by Gasteiger charge is 2.14. The third-order valence-corrected chi connectivity index (χ3v) is 4.89. The zero-order chi connectivity index (χ0) is 21.8. The van der Waals surface area contributed by atoms with Crippen LogP contribution in [0.5, 0.6) is 5.75 Å². The third-order valence-electron chi connectivity index (χ3n) is 4.39. The summed E-state index contributed by atoms with van der Waals surface area (Å²) in [5.74, 6) is 0.503. The van der Waals surface area contributed by atoms with Gasteiger partial charge in [-0.15, -0.1) is 5.10 Å². The summed E-state index contributed by atoms with van der Waals surface area (Å²) in [7, 11) is 0. The van der Waals surface area contributed by atoms with Crippen LogP contribution in [-0.2, 0) is 6.61 Å². The molecule has 4 rings (SSSR count). The van der Waals surface area contributed by atoms with E-state index in [9.17, 15) is 4.79 Å². The van der Waals surface area contributed by atoms with Crippen molar-refractivity contribution < 1.29 is 9.53 Å². The largest absolute Gasteiger partial charge is 0.488 e. The molecule has 0 aliphatic rings. The van der Waals surface area contributed by atoms with Crippen LogP contribution in [0.2, 0.25) is 0 Å². The molecule has 2 heterocycles. The van der Waals surface area contributed by atoms with Gasteiger partial charge in [-0.3, -0.25) is 4.79 Å². The molecule has 0 unspecified atom stereocenters. The molecule has 9 heteroatoms. The Labute approximate surface area is 187 Å². The molecule has 0 radical (unpaired) electrons. The van der Waals surface area contributed by atoms with E-state index in [1.807, 2.05) is 68.4 Å². The van der Waals surface area contributed by atoms with E-state index in [1.165, 1.54) is 10.7 Å². The number of hydrogen-bond acceptors (Lipinski definition) is 6. The van der Waals surface area contributed by atoms with Crippen LogP contribution in [0.15, 0.2) is 64.2 Å². The summed E-state index contributed by atoms with van der Waals surface area (Å²) in [5.41, 5.74) is 5.87. The lowest BCUT2D eigenvalue weighted by atomic mass is 10.2. The molecule has 0 fully saturated rings. The number of ether oxygens (including phenoxy) is 1. The Morgan fingerprint density at radius 1 is 1.16 bits per heavy atom. The van der Waals surface area contributed by atoms with Gasteiger partial charge in [0.05, 0.1) is 6.21 Å². The minimum Gasteiger partial charge on any atom is -0.488 e. The molecule has 31 heavy (non-hydrogen) atoms. The second-order valence-corrected chi connectivity index (χ2v) is 7.76. The highest BCUT2D eigenvalue weighted by Crippen LogP contribution is 2.19. The first-order valence-electron chi connectivity index (χ1n) is 9.50. The minimum absolute atomic E-state index is 0.00228. The van der Waals surface area contributed by atoms with Crippen LogP contribution in [0, 0.1) is 13.8 Å². The van der Waals surface area contributed by atoms with Crippen molar-refractivity contribution in [2.45, 2.75) is 20.5 Å². The van der Waals surface area contributed by atoms with Gasteiger partial charge in [0, 0.05) is 21.4 Å². The maximum Gasteiger partial charge on any atom is 0.311 e. The number of amides is 1. The molecular weight excluding hydrogens is 460 g/mol. The van der Waals surface area contributed by atoms with Crippen LogP contribution in [0.3, 0.4) is 0 Å². The van der Waals surface area contributed by atoms with Crippen molar-refractivity contribution >= 4 is 33.8 Å². The predicted molar refractivity (Wildman–Crippen MR) is 120 cm³/mol. The van der Waals surface area contributed by atoms with E-state index in [-0.39, 0.29) is 5.82 Å². The van der Waals surface area contributed by atoms with Crippen molar-refractivity contribution in [3.63, 3.8) is 0 Å². The van der Waals surface area contributed by atoms with Crippen molar-refractivity contribution in [3.05, 3.63) is 87.4 Å². The van der Waals surface area contributed by atoms with Gasteiger partial charge in [0.25, 0.3) is 5.78 Å². The number of carbonyl (C=O) groups excluding carboxylic acids is 1. The van der Waals surface area contributed by atoms with Crippen LogP contribution >= 0.6 is 15.9 Å². The number of aryl methyl sites for hydroxylation is 2. The van der Waals surface area contributed by atoms with Crippen molar-refractivity contribution in [3.8, 4) is 5.75 Å². The van der Waals surface area contributed by atoms with E-state index in [2.05, 4.69) is 41.5 Å². The Morgan fingerprint density at radius 3 is 2.84 bits per heavy atom. The minimum atomic E-state index is -0.522. The first kappa shape index (κ1) is 20.7. The molecule has 0 bridgehead atoms. The number of halogens is 1. The number of benzene rings is 2. The lowest BCUT2D eigenvalue weighted by molar-refractivity contribution is 0.0945. The summed E-state index contributed by atoms with van der Waals surface area (Å²) in [5, 5.41) is 8.23. The summed E-state index contributed by atoms with van der Waals surface area (Å²) in [6.45, 7) is 4.15. The molecule has 0 aliphatic carbocycles. The van der Waals surface area contributed by atoms with E-state index < -0.39 is 5.91 Å². The summed E-state index contributed by atoms with van der Waals surface area (Å²) in [4.78, 5) is 20.9. The fraction of sp³-hybridized carbons (Fsp3) is 0.136. The average Bonchev–Trinajstić information content (AvgIpc) is 3.18. The maximum absolute atomic E-state index is 12.4. The second-order valence-electron chi connectivity index (χ2n) is 6.84. The van der Waals surface area contributed by atoms with Gasteiger partial charge in [-0.2, -0.15) is 10.1 Å². The van der Waals surface area contributed by atoms with E-state index in [4.69, 9.17) is 4.74 Å². The number of carbonyl (C=O) groups is 1. The van der Waals surface area contributed by atoms with Crippen LogP contribution in [0.25, 0.3) is 5.78 Å². The van der Waals surface area contributed by atoms with Crippen molar-refractivity contribution in [2.24, 2.45) is 5.10 Å². The van der Waals surface area contributed by atoms with Crippen molar-refractivity contribution in [2.75, 3.05) is 0 Å². The van der Waals surface area contributed by atoms with Crippen LogP contribution in [0.4, 0.5) is 0 Å². The van der Waals surface area contributed by atoms with Crippen LogP contribution in [-0.4, -0.2) is 31.7 Å². The Bertz CT molecular complexity index is 1280. The van der Waals surface area contributed by atoms with Gasteiger partial charge in [0.2, 0.25) is 5.82 Å². The first-order valence-corrected chi connectivity index (χ1v) is 10.3. The van der Waals surface area contributed by atoms with Crippen molar-refractivity contribution in [1.82, 2.24) is 25.0 Å². The number of rotatable bonds is 6. The molecule has 0 spiro atoms. The summed E-state index contributed by atoms with van der Waals surface area (Å²) in [6.07, 6.45) is 1.53. The van der Waals surface area contributed by atoms with E-state index in [0.717, 1.165) is 27.0 Å². The maximum atomic E-state index is 12.4. The lowest BCUT2D eigenvalue weighted by Gasteiger charge is -2.09. The van der Waals surface area contributed by atoms with E-state index >= 15 is 0 Å². The van der Waals surface area contributed by atoms with E-state index in [0.29, 0.717) is 18.1 Å². The van der Waals surface area contributed by atoms with Gasteiger partial charge in [-0.1, -0.05) is 40.2 Å². The highest BCUT2D eigenvalue weighted by atomic mass is 79.9. The van der Waals surface area contributed by atoms with Gasteiger partial charge < -0.3 is 4.74 Å². The molecule has 0 aliphatic heterocycles. The fourth-order valence-electron chi connectivity index (χ4n) is 2.98. The Balaban J connectivity index is 1.44. The van der Waals surface area contributed by atoms with Gasteiger partial charge in [0.15, 0.2) is 0 Å². The third kappa shape index (κ3) is 4.95. The molecule has 1 N–H and O–H groups in total. The summed E-state index contributed by atoms with van der Waals surface area (Å²) in [6, 6.07) is 17.2. The smallest absolute Gasteiger partial charge is 0.311 e. The van der Waals surface area contributed by atoms with Crippen LogP contribution < -0.4 is 10.2 Å². The monoisotopic (exact) mass is 478 g/mol. The summed E-state index contributed by atoms with van der Waals surface area (Å²) < 4.78 is 8.44. The Hall–Kier alpha value is -3.59. The first-order chi connectivity index (χ1) is 15.0. The fourth-order valence-corrected chi connectivity index (χ4v) is 3.43. The molecule has 0 saturated carbocycles. The van der Waals surface area contributed by atoms with Gasteiger partial charge in [0.1, 0.15) is 12.4 Å². The molecule has 4 aromatic rings. The van der Waals surface area contributed by atoms with Gasteiger partial charge >= 0.3 is 5.91 Å². The standard InChI is InChI=1S/C22H19BrN6O2/c1-14-10-15(2)29-22(25-14)26-20(28-29)21(30)27-24-12-17-7-3-4-9-19(17)31-13-16-6-5-8-18(23)11-16/h3-12H,13H2,1-2H3,(H,27,30). The highest BCUT2D eigenvalue weighted by molar-refractivity contribution is 9.10. The molecule has 2 aromatic carbocycles. The van der Waals surface area contributed by atoms with Gasteiger partial charge in [-0.25, -0.2) is 14.9 Å². The number of nitrogens with one attached hydrogen (secondary N) is 1. The lowest BCUT2D eigenvalue weighted by Crippen LogP contribution is -2.19. The zero-order valence-corrected chi connectivity index (χ0v) is 18.5. The second kappa shape index (κ2) is 9.05. The number of hydrazone groups is 1. The van der Waals surface area contributed by atoms with Gasteiger partial charge in [-0.05, 0) is 49.7 Å². The SMILES string of the molecule is Cc1cc(C)n2nc(C(=O)NN=Cc3ccccc3OCc3cccc(Br)c3)nc2n1. The Kier molecular flexibility index (Phi) is 6.03. The number of aromatic nitrogens is 4. The quantitative estimate of drug-likeness (QED) is 0.335. The molecule has 0 atom stereocenters. The zero-order valence-electron chi connectivity index (χ0n) is 16.9. The van der Waals surface area contributed by atoms with Crippen molar-refractivity contribution in [1.29, 1.82) is 0 Å². The predicted octanol–water partition coefficient (Wildman–Crippen LogP) is 3.85. The summed E-state index contributed by atoms with van der Waals surface area (Å²) >= 11 is 3.46. The Morgan fingerprint density at radius 2 is 2.00 bits per heavy atom. The number of hydrogen-bond donors (Lipinski definition) is 1. The molecule has 8 nitrogen and oxygen atoms in total. The van der Waals surface area contributed by atoms with E-state index in [1.54, 1.807) is 0 Å². The normalized spacial score (nSPS) is 11.2. The molecule has 1 amide bonds. The molecule has 156 valence electrons. The topological polar surface area (TPSA) is 93.8 Å². The molecule has 2 aromatic heterocycles. The molecular formula is C22H19BrN6O2.